The molecule has 0 atom stereocenters. The summed E-state index contributed by atoms with van der Waals surface area (Å²) in [6.45, 7) is 3.23. The van der Waals surface area contributed by atoms with Crippen LogP contribution in [0.2, 0.25) is 0 Å². The molecule has 0 radical (unpaired) electrons. The smallest absolute Gasteiger partial charge is 0.261 e. The van der Waals surface area contributed by atoms with Gasteiger partial charge >= 0.3 is 0 Å². The van der Waals surface area contributed by atoms with Crippen molar-refractivity contribution in [1.82, 2.24) is 19.8 Å². The molecule has 1 aliphatic heterocycles. The van der Waals surface area contributed by atoms with Gasteiger partial charge in [-0.1, -0.05) is 46.3 Å². The first kappa shape index (κ1) is 20.8. The molecule has 156 valence electrons. The Hall–Kier alpha value is -2.51. The van der Waals surface area contributed by atoms with Gasteiger partial charge in [0.1, 0.15) is 0 Å². The fraction of sp³-hybridized carbons (Fsp3) is 0.348. The predicted molar refractivity (Wildman–Crippen MR) is 121 cm³/mol. The number of aromatic nitrogens is 2. The zero-order valence-electron chi connectivity index (χ0n) is 16.8. The van der Waals surface area contributed by atoms with Crippen LogP contribution in [0.3, 0.4) is 0 Å². The van der Waals surface area contributed by atoms with Crippen LogP contribution >= 0.6 is 15.9 Å². The standard InChI is InChI=1S/C23H25BrN4O2/c24-18-6-7-21-20(14-18)23(30)28(16-25-21)13-10-22(29)26-19-8-11-27(12-9-19)15-17-4-2-1-3-5-17/h1-7,14,16,19H,8-13,15H2,(H,26,29). The van der Waals surface area contributed by atoms with Crippen molar-refractivity contribution in [2.24, 2.45) is 0 Å². The summed E-state index contributed by atoms with van der Waals surface area (Å²) in [6.07, 6.45) is 3.69. The van der Waals surface area contributed by atoms with Gasteiger partial charge in [-0.2, -0.15) is 0 Å². The van der Waals surface area contributed by atoms with Crippen molar-refractivity contribution < 1.29 is 4.79 Å². The maximum atomic E-state index is 12.6. The van der Waals surface area contributed by atoms with Crippen molar-refractivity contribution in [3.05, 3.63) is 75.2 Å². The van der Waals surface area contributed by atoms with Crippen LogP contribution in [0.15, 0.2) is 64.1 Å². The summed E-state index contributed by atoms with van der Waals surface area (Å²) in [7, 11) is 0. The van der Waals surface area contributed by atoms with E-state index in [2.05, 4.69) is 55.4 Å². The topological polar surface area (TPSA) is 67.2 Å². The number of piperidine rings is 1. The third-order valence-electron chi connectivity index (χ3n) is 5.57. The van der Waals surface area contributed by atoms with Crippen LogP contribution in [-0.4, -0.2) is 39.5 Å². The molecule has 1 saturated heterocycles. The first-order valence-corrected chi connectivity index (χ1v) is 11.1. The number of carbonyl (C=O) groups excluding carboxylic acids is 1. The average molecular weight is 469 g/mol. The molecular weight excluding hydrogens is 444 g/mol. The lowest BCUT2D eigenvalue weighted by atomic mass is 10.0. The van der Waals surface area contributed by atoms with Gasteiger partial charge in [0.25, 0.3) is 5.56 Å². The minimum atomic E-state index is -0.122. The van der Waals surface area contributed by atoms with Gasteiger partial charge in [-0.3, -0.25) is 19.1 Å². The molecule has 3 aromatic rings. The van der Waals surface area contributed by atoms with Gasteiger partial charge in [0, 0.05) is 43.1 Å². The fourth-order valence-corrected chi connectivity index (χ4v) is 4.25. The second-order valence-electron chi connectivity index (χ2n) is 7.76. The zero-order valence-corrected chi connectivity index (χ0v) is 18.3. The lowest BCUT2D eigenvalue weighted by Crippen LogP contribution is -2.44. The molecule has 4 rings (SSSR count). The van der Waals surface area contributed by atoms with E-state index in [1.165, 1.54) is 16.5 Å². The van der Waals surface area contributed by atoms with Crippen LogP contribution < -0.4 is 10.9 Å². The number of nitrogens with one attached hydrogen (secondary N) is 1. The Morgan fingerprint density at radius 1 is 1.13 bits per heavy atom. The summed E-state index contributed by atoms with van der Waals surface area (Å²) >= 11 is 3.39. The van der Waals surface area contributed by atoms with Gasteiger partial charge in [0.2, 0.25) is 5.91 Å². The Bertz CT molecular complexity index is 1080. The molecule has 0 saturated carbocycles. The number of carbonyl (C=O) groups is 1. The van der Waals surface area contributed by atoms with Crippen molar-refractivity contribution in [3.8, 4) is 0 Å². The van der Waals surface area contributed by atoms with Crippen molar-refractivity contribution in [2.75, 3.05) is 13.1 Å². The van der Waals surface area contributed by atoms with E-state index < -0.39 is 0 Å². The highest BCUT2D eigenvalue weighted by molar-refractivity contribution is 9.10. The molecule has 30 heavy (non-hydrogen) atoms. The minimum Gasteiger partial charge on any atom is -0.353 e. The lowest BCUT2D eigenvalue weighted by Gasteiger charge is -2.32. The molecule has 7 heteroatoms. The van der Waals surface area contributed by atoms with Crippen molar-refractivity contribution in [2.45, 2.75) is 38.4 Å². The zero-order chi connectivity index (χ0) is 20.9. The van der Waals surface area contributed by atoms with Gasteiger partial charge in [0.15, 0.2) is 0 Å². The Labute approximate surface area is 184 Å². The maximum absolute atomic E-state index is 12.6. The van der Waals surface area contributed by atoms with Gasteiger partial charge < -0.3 is 5.32 Å². The Morgan fingerprint density at radius 2 is 1.90 bits per heavy atom. The van der Waals surface area contributed by atoms with Crippen molar-refractivity contribution >= 4 is 32.7 Å². The van der Waals surface area contributed by atoms with Crippen molar-refractivity contribution in [1.29, 1.82) is 0 Å². The van der Waals surface area contributed by atoms with Crippen molar-refractivity contribution in [3.63, 3.8) is 0 Å². The van der Waals surface area contributed by atoms with Gasteiger partial charge in [-0.05, 0) is 36.6 Å². The van der Waals surface area contributed by atoms with E-state index in [-0.39, 0.29) is 23.9 Å². The SMILES string of the molecule is O=C(CCn1cnc2ccc(Br)cc2c1=O)NC1CCN(Cc2ccccc2)CC1. The summed E-state index contributed by atoms with van der Waals surface area (Å²) in [6, 6.07) is 16.1. The van der Waals surface area contributed by atoms with E-state index in [1.807, 2.05) is 18.2 Å². The minimum absolute atomic E-state index is 0.0160. The average Bonchev–Trinajstić information content (AvgIpc) is 2.76. The van der Waals surface area contributed by atoms with E-state index in [0.29, 0.717) is 17.4 Å². The molecule has 1 aromatic heterocycles. The van der Waals surface area contributed by atoms with Crippen LogP contribution in [0.5, 0.6) is 0 Å². The molecule has 2 heterocycles. The number of likely N-dealkylation sites (tertiary alicyclic amines) is 1. The fourth-order valence-electron chi connectivity index (χ4n) is 3.89. The second kappa shape index (κ2) is 9.53. The number of halogens is 1. The molecular formula is C23H25BrN4O2. The third-order valence-corrected chi connectivity index (χ3v) is 6.06. The molecule has 0 spiro atoms. The summed E-state index contributed by atoms with van der Waals surface area (Å²) < 4.78 is 2.35. The number of nitrogens with zero attached hydrogens (tertiary/aromatic N) is 3. The highest BCUT2D eigenvalue weighted by Gasteiger charge is 2.20. The summed E-state index contributed by atoms with van der Waals surface area (Å²) in [5, 5.41) is 3.68. The van der Waals surface area contributed by atoms with Gasteiger partial charge in [0.05, 0.1) is 17.2 Å². The molecule has 1 fully saturated rings. The van der Waals surface area contributed by atoms with E-state index in [9.17, 15) is 9.59 Å². The molecule has 0 aliphatic carbocycles. The number of benzene rings is 2. The molecule has 6 nitrogen and oxygen atoms in total. The van der Waals surface area contributed by atoms with E-state index in [0.717, 1.165) is 36.9 Å². The lowest BCUT2D eigenvalue weighted by molar-refractivity contribution is -0.122. The second-order valence-corrected chi connectivity index (χ2v) is 8.67. The number of hydrogen-bond donors (Lipinski definition) is 1. The highest BCUT2D eigenvalue weighted by atomic mass is 79.9. The Balaban J connectivity index is 1.26. The number of aryl methyl sites for hydroxylation is 1. The van der Waals surface area contributed by atoms with E-state index in [4.69, 9.17) is 0 Å². The Kier molecular flexibility index (Phi) is 6.59. The first-order chi connectivity index (χ1) is 14.6. The largest absolute Gasteiger partial charge is 0.353 e. The number of amides is 1. The summed E-state index contributed by atoms with van der Waals surface area (Å²) in [5.41, 5.74) is 1.86. The number of fused-ring (bicyclic) bond motifs is 1. The van der Waals surface area contributed by atoms with Crippen LogP contribution in [0.1, 0.15) is 24.8 Å². The maximum Gasteiger partial charge on any atom is 0.261 e. The van der Waals surface area contributed by atoms with Crippen LogP contribution in [0.25, 0.3) is 10.9 Å². The molecule has 1 amide bonds. The quantitative estimate of drug-likeness (QED) is 0.602. The summed E-state index contributed by atoms with van der Waals surface area (Å²) in [4.78, 5) is 31.8. The Morgan fingerprint density at radius 3 is 2.67 bits per heavy atom. The van der Waals surface area contributed by atoms with Gasteiger partial charge in [-0.15, -0.1) is 0 Å². The highest BCUT2D eigenvalue weighted by Crippen LogP contribution is 2.15. The molecule has 1 N–H and O–H groups in total. The number of hydrogen-bond acceptors (Lipinski definition) is 4. The molecule has 0 unspecified atom stereocenters. The predicted octanol–water partition coefficient (Wildman–Crippen LogP) is 3.33. The third kappa shape index (κ3) is 5.15. The number of rotatable bonds is 6. The normalized spacial score (nSPS) is 15.4. The van der Waals surface area contributed by atoms with Crippen LogP contribution in [0.4, 0.5) is 0 Å². The van der Waals surface area contributed by atoms with Crippen LogP contribution in [0, 0.1) is 0 Å². The van der Waals surface area contributed by atoms with E-state index >= 15 is 0 Å². The molecule has 1 aliphatic rings. The van der Waals surface area contributed by atoms with Gasteiger partial charge in [-0.25, -0.2) is 4.98 Å². The molecule has 2 aromatic carbocycles. The van der Waals surface area contributed by atoms with Crippen LogP contribution in [-0.2, 0) is 17.9 Å². The monoisotopic (exact) mass is 468 g/mol. The first-order valence-electron chi connectivity index (χ1n) is 10.3. The molecule has 0 bridgehead atoms. The summed E-state index contributed by atoms with van der Waals surface area (Å²) in [5.74, 6) is -0.0160. The van der Waals surface area contributed by atoms with E-state index in [1.54, 1.807) is 6.07 Å².